The van der Waals surface area contributed by atoms with Crippen LogP contribution in [-0.2, 0) is 11.2 Å². The number of carbonyl (C=O) groups is 1. The van der Waals surface area contributed by atoms with Crippen LogP contribution in [0, 0.1) is 0 Å². The van der Waals surface area contributed by atoms with Gasteiger partial charge in [-0.1, -0.05) is 65.3 Å². The zero-order valence-electron chi connectivity index (χ0n) is 16.9. The van der Waals surface area contributed by atoms with Crippen LogP contribution in [0.15, 0.2) is 40.9 Å². The highest BCUT2D eigenvalue weighted by Gasteiger charge is 2.16. The van der Waals surface area contributed by atoms with Gasteiger partial charge in [0.2, 0.25) is 0 Å². The number of nitrogens with one attached hydrogen (secondary N) is 1. The summed E-state index contributed by atoms with van der Waals surface area (Å²) in [4.78, 5) is 12.6. The number of benzene rings is 2. The SMILES string of the molecule is CCCc1ccc(OCC(=O)Nc2c(C(C)C)cccc2C(C)C)c(Br)c1. The Morgan fingerprint density at radius 2 is 1.70 bits per heavy atom. The largest absolute Gasteiger partial charge is 0.483 e. The number of anilines is 1. The molecule has 0 spiro atoms. The lowest BCUT2D eigenvalue weighted by Gasteiger charge is -2.20. The fourth-order valence-electron chi connectivity index (χ4n) is 3.12. The van der Waals surface area contributed by atoms with Crippen LogP contribution in [0.1, 0.15) is 69.6 Å². The van der Waals surface area contributed by atoms with E-state index in [4.69, 9.17) is 4.74 Å². The van der Waals surface area contributed by atoms with E-state index in [0.29, 0.717) is 17.6 Å². The number of amides is 1. The molecule has 27 heavy (non-hydrogen) atoms. The van der Waals surface area contributed by atoms with Gasteiger partial charge in [-0.3, -0.25) is 4.79 Å². The van der Waals surface area contributed by atoms with Gasteiger partial charge in [0.15, 0.2) is 6.61 Å². The molecule has 146 valence electrons. The van der Waals surface area contributed by atoms with Crippen molar-refractivity contribution in [3.05, 3.63) is 57.6 Å². The molecule has 0 fully saturated rings. The molecule has 0 saturated heterocycles. The Balaban J connectivity index is 2.10. The Hall–Kier alpha value is -1.81. The summed E-state index contributed by atoms with van der Waals surface area (Å²) < 4.78 is 6.63. The number of rotatable bonds is 8. The van der Waals surface area contributed by atoms with Crippen molar-refractivity contribution in [2.75, 3.05) is 11.9 Å². The molecule has 1 N–H and O–H groups in total. The van der Waals surface area contributed by atoms with Gasteiger partial charge in [0.25, 0.3) is 5.91 Å². The second-order valence-corrected chi connectivity index (χ2v) is 8.33. The topological polar surface area (TPSA) is 38.3 Å². The number of ether oxygens (including phenoxy) is 1. The van der Waals surface area contributed by atoms with Crippen LogP contribution in [0.4, 0.5) is 5.69 Å². The lowest BCUT2D eigenvalue weighted by atomic mass is 9.92. The fourth-order valence-corrected chi connectivity index (χ4v) is 3.66. The summed E-state index contributed by atoms with van der Waals surface area (Å²) in [7, 11) is 0. The van der Waals surface area contributed by atoms with Gasteiger partial charge in [0.1, 0.15) is 5.75 Å². The molecule has 0 atom stereocenters. The minimum absolute atomic E-state index is 0.0182. The molecule has 0 saturated carbocycles. The monoisotopic (exact) mass is 431 g/mol. The summed E-state index contributed by atoms with van der Waals surface area (Å²) in [5.74, 6) is 1.21. The summed E-state index contributed by atoms with van der Waals surface area (Å²) in [6.45, 7) is 10.7. The number of hydrogen-bond acceptors (Lipinski definition) is 2. The summed E-state index contributed by atoms with van der Waals surface area (Å²) >= 11 is 3.54. The van der Waals surface area contributed by atoms with Crippen LogP contribution in [0.5, 0.6) is 5.75 Å². The van der Waals surface area contributed by atoms with E-state index >= 15 is 0 Å². The Labute approximate surface area is 171 Å². The predicted molar refractivity (Wildman–Crippen MR) is 117 cm³/mol. The number of carbonyl (C=O) groups excluding carboxylic acids is 1. The third-order valence-corrected chi connectivity index (χ3v) is 5.15. The highest BCUT2D eigenvalue weighted by molar-refractivity contribution is 9.10. The maximum absolute atomic E-state index is 12.6. The summed E-state index contributed by atoms with van der Waals surface area (Å²) in [6.07, 6.45) is 2.13. The highest BCUT2D eigenvalue weighted by Crippen LogP contribution is 2.32. The second kappa shape index (κ2) is 9.93. The van der Waals surface area contributed by atoms with Crippen molar-refractivity contribution in [1.82, 2.24) is 0 Å². The van der Waals surface area contributed by atoms with E-state index in [1.54, 1.807) is 0 Å². The van der Waals surface area contributed by atoms with Crippen LogP contribution in [-0.4, -0.2) is 12.5 Å². The van der Waals surface area contributed by atoms with E-state index in [9.17, 15) is 4.79 Å². The third kappa shape index (κ3) is 5.83. The molecular formula is C23H30BrNO2. The molecule has 0 aromatic heterocycles. The summed E-state index contributed by atoms with van der Waals surface area (Å²) in [5, 5.41) is 3.08. The molecule has 2 aromatic rings. The Bertz CT molecular complexity index is 758. The van der Waals surface area contributed by atoms with Crippen LogP contribution in [0.3, 0.4) is 0 Å². The molecule has 0 bridgehead atoms. The second-order valence-electron chi connectivity index (χ2n) is 7.47. The van der Waals surface area contributed by atoms with Crippen molar-refractivity contribution < 1.29 is 9.53 Å². The first-order valence-electron chi connectivity index (χ1n) is 9.67. The molecule has 2 rings (SSSR count). The average Bonchev–Trinajstić information content (AvgIpc) is 2.61. The molecule has 0 unspecified atom stereocenters. The average molecular weight is 432 g/mol. The van der Waals surface area contributed by atoms with Crippen molar-refractivity contribution in [2.45, 2.75) is 59.3 Å². The lowest BCUT2D eigenvalue weighted by Crippen LogP contribution is -2.22. The van der Waals surface area contributed by atoms with Crippen LogP contribution in [0.2, 0.25) is 0 Å². The first kappa shape index (κ1) is 21.5. The van der Waals surface area contributed by atoms with Crippen molar-refractivity contribution in [1.29, 1.82) is 0 Å². The van der Waals surface area contributed by atoms with Crippen LogP contribution >= 0.6 is 15.9 Å². The van der Waals surface area contributed by atoms with Gasteiger partial charge in [-0.15, -0.1) is 0 Å². The molecule has 4 heteroatoms. The van der Waals surface area contributed by atoms with E-state index in [2.05, 4.69) is 80.1 Å². The van der Waals surface area contributed by atoms with Crippen molar-refractivity contribution in [2.24, 2.45) is 0 Å². The maximum Gasteiger partial charge on any atom is 0.262 e. The molecular weight excluding hydrogens is 402 g/mol. The fraction of sp³-hybridized carbons (Fsp3) is 0.435. The standard InChI is InChI=1S/C23H30BrNO2/c1-6-8-17-11-12-21(20(24)13-17)27-14-22(26)25-23-18(15(2)3)9-7-10-19(23)16(4)5/h7,9-13,15-16H,6,8,14H2,1-5H3,(H,25,26). The molecule has 0 aliphatic carbocycles. The van der Waals surface area contributed by atoms with E-state index in [0.717, 1.165) is 34.1 Å². The zero-order valence-corrected chi connectivity index (χ0v) is 18.5. The van der Waals surface area contributed by atoms with Crippen molar-refractivity contribution in [3.63, 3.8) is 0 Å². The first-order valence-corrected chi connectivity index (χ1v) is 10.5. The maximum atomic E-state index is 12.6. The number of hydrogen-bond donors (Lipinski definition) is 1. The molecule has 0 heterocycles. The Kier molecular flexibility index (Phi) is 7.91. The van der Waals surface area contributed by atoms with Crippen molar-refractivity contribution in [3.8, 4) is 5.75 Å². The van der Waals surface area contributed by atoms with E-state index in [1.807, 2.05) is 12.1 Å². The smallest absolute Gasteiger partial charge is 0.262 e. The normalized spacial score (nSPS) is 11.1. The first-order chi connectivity index (χ1) is 12.8. The van der Waals surface area contributed by atoms with Gasteiger partial charge in [0, 0.05) is 5.69 Å². The van der Waals surface area contributed by atoms with E-state index in [-0.39, 0.29) is 12.5 Å². The zero-order chi connectivity index (χ0) is 20.0. The van der Waals surface area contributed by atoms with Gasteiger partial charge >= 0.3 is 0 Å². The van der Waals surface area contributed by atoms with Gasteiger partial charge < -0.3 is 10.1 Å². The molecule has 2 aromatic carbocycles. The summed E-state index contributed by atoms with van der Waals surface area (Å²) in [6, 6.07) is 12.2. The number of halogens is 1. The minimum atomic E-state index is -0.144. The van der Waals surface area contributed by atoms with Gasteiger partial charge in [0.05, 0.1) is 4.47 Å². The molecule has 0 radical (unpaired) electrons. The van der Waals surface area contributed by atoms with E-state index in [1.165, 1.54) is 5.56 Å². The van der Waals surface area contributed by atoms with Crippen LogP contribution < -0.4 is 10.1 Å². The number of aryl methyl sites for hydroxylation is 1. The summed E-state index contributed by atoms with van der Waals surface area (Å²) in [5.41, 5.74) is 4.49. The molecule has 1 amide bonds. The third-order valence-electron chi connectivity index (χ3n) is 4.53. The molecule has 3 nitrogen and oxygen atoms in total. The predicted octanol–water partition coefficient (Wildman–Crippen LogP) is 6.67. The molecule has 0 aliphatic heterocycles. The van der Waals surface area contributed by atoms with E-state index < -0.39 is 0 Å². The van der Waals surface area contributed by atoms with Crippen molar-refractivity contribution >= 4 is 27.5 Å². The Morgan fingerprint density at radius 1 is 1.07 bits per heavy atom. The van der Waals surface area contributed by atoms with Gasteiger partial charge in [-0.25, -0.2) is 0 Å². The van der Waals surface area contributed by atoms with Crippen LogP contribution in [0.25, 0.3) is 0 Å². The number of para-hydroxylation sites is 1. The van der Waals surface area contributed by atoms with Gasteiger partial charge in [-0.05, 0) is 63.0 Å². The van der Waals surface area contributed by atoms with Gasteiger partial charge in [-0.2, -0.15) is 0 Å². The lowest BCUT2D eigenvalue weighted by molar-refractivity contribution is -0.118. The molecule has 0 aliphatic rings. The minimum Gasteiger partial charge on any atom is -0.483 e. The Morgan fingerprint density at radius 3 is 2.22 bits per heavy atom. The quantitative estimate of drug-likeness (QED) is 0.506. The highest BCUT2D eigenvalue weighted by atomic mass is 79.9.